The lowest BCUT2D eigenvalue weighted by Crippen LogP contribution is -2.43. The lowest BCUT2D eigenvalue weighted by atomic mass is 10.0. The Hall–Kier alpha value is -1.75. The number of carbonyl (C=O) groups is 2. The molecule has 1 aliphatic rings. The molecule has 1 fully saturated rings. The molecule has 2 rings (SSSR count). The normalized spacial score (nSPS) is 18.4. The van der Waals surface area contributed by atoms with E-state index in [4.69, 9.17) is 0 Å². The first kappa shape index (κ1) is 17.6. The fourth-order valence-electron chi connectivity index (χ4n) is 2.88. The number of benzene rings is 1. The van der Waals surface area contributed by atoms with Gasteiger partial charge in [-0.3, -0.25) is 14.5 Å². The summed E-state index contributed by atoms with van der Waals surface area (Å²) in [6.07, 6.45) is 2.30. The Morgan fingerprint density at radius 2 is 1.96 bits per heavy atom. The van der Waals surface area contributed by atoms with E-state index in [1.54, 1.807) is 4.90 Å². The van der Waals surface area contributed by atoms with Gasteiger partial charge in [0.05, 0.1) is 6.54 Å². The average molecular weight is 320 g/mol. The van der Waals surface area contributed by atoms with Crippen molar-refractivity contribution in [1.82, 2.24) is 9.80 Å². The zero-order valence-corrected chi connectivity index (χ0v) is 14.1. The molecular formula is C18H25FN2O2. The summed E-state index contributed by atoms with van der Waals surface area (Å²) >= 11 is 0. The summed E-state index contributed by atoms with van der Waals surface area (Å²) in [6.45, 7) is 5.17. The number of hydrogen-bond donors (Lipinski definition) is 0. The molecule has 5 heteroatoms. The van der Waals surface area contributed by atoms with E-state index in [9.17, 15) is 14.0 Å². The number of ketones is 1. The molecule has 1 aromatic rings. The zero-order chi connectivity index (χ0) is 17.0. The van der Waals surface area contributed by atoms with Gasteiger partial charge < -0.3 is 4.90 Å². The first-order chi connectivity index (χ1) is 10.9. The topological polar surface area (TPSA) is 40.6 Å². The van der Waals surface area contributed by atoms with Crippen molar-refractivity contribution in [1.29, 1.82) is 0 Å². The van der Waals surface area contributed by atoms with Crippen LogP contribution in [0, 0.1) is 5.82 Å². The highest BCUT2D eigenvalue weighted by Crippen LogP contribution is 2.22. The van der Waals surface area contributed by atoms with Gasteiger partial charge in [-0.05, 0) is 57.5 Å². The monoisotopic (exact) mass is 320 g/mol. The van der Waals surface area contributed by atoms with Crippen molar-refractivity contribution in [3.63, 3.8) is 0 Å². The number of rotatable bonds is 6. The van der Waals surface area contributed by atoms with Crippen LogP contribution in [0.5, 0.6) is 0 Å². The van der Waals surface area contributed by atoms with Gasteiger partial charge in [-0.25, -0.2) is 4.39 Å². The van der Waals surface area contributed by atoms with Crippen LogP contribution in [0.4, 0.5) is 4.39 Å². The number of hydrogen-bond acceptors (Lipinski definition) is 3. The molecule has 0 N–H and O–H groups in total. The Morgan fingerprint density at radius 3 is 2.57 bits per heavy atom. The molecule has 0 spiro atoms. The largest absolute Gasteiger partial charge is 0.342 e. The second-order valence-corrected chi connectivity index (χ2v) is 6.50. The maximum absolute atomic E-state index is 12.9. The van der Waals surface area contributed by atoms with E-state index in [-0.39, 0.29) is 29.6 Å². The van der Waals surface area contributed by atoms with Crippen molar-refractivity contribution >= 4 is 11.7 Å². The molecule has 1 aliphatic heterocycles. The van der Waals surface area contributed by atoms with Gasteiger partial charge in [0, 0.05) is 31.1 Å². The molecule has 1 heterocycles. The van der Waals surface area contributed by atoms with Crippen LogP contribution in [-0.4, -0.2) is 53.7 Å². The van der Waals surface area contributed by atoms with Crippen LogP contribution in [0.3, 0.4) is 0 Å². The molecule has 4 nitrogen and oxygen atoms in total. The molecule has 0 aromatic heterocycles. The van der Waals surface area contributed by atoms with Gasteiger partial charge in [0.15, 0.2) is 5.78 Å². The summed E-state index contributed by atoms with van der Waals surface area (Å²) in [5, 5.41) is 0. The zero-order valence-electron chi connectivity index (χ0n) is 14.1. The fourth-order valence-corrected chi connectivity index (χ4v) is 2.88. The van der Waals surface area contributed by atoms with Gasteiger partial charge in [-0.1, -0.05) is 0 Å². The second kappa shape index (κ2) is 7.68. The highest BCUT2D eigenvalue weighted by atomic mass is 19.1. The number of Topliss-reactive ketones (excluding diaryl/α,β-unsaturated/α-hetero) is 1. The summed E-state index contributed by atoms with van der Waals surface area (Å²) in [5.41, 5.74) is 0.531. The Balaban J connectivity index is 1.95. The number of amides is 1. The van der Waals surface area contributed by atoms with Crippen molar-refractivity contribution in [2.75, 3.05) is 20.1 Å². The smallest absolute Gasteiger partial charge is 0.236 e. The van der Waals surface area contributed by atoms with Gasteiger partial charge in [-0.15, -0.1) is 0 Å². The summed E-state index contributed by atoms with van der Waals surface area (Å²) in [5.74, 6) is -0.251. The van der Waals surface area contributed by atoms with Crippen LogP contribution < -0.4 is 0 Å². The third kappa shape index (κ3) is 4.61. The van der Waals surface area contributed by atoms with Crippen LogP contribution in [-0.2, 0) is 4.79 Å². The van der Waals surface area contributed by atoms with Gasteiger partial charge in [-0.2, -0.15) is 0 Å². The molecule has 0 radical (unpaired) electrons. The standard InChI is InChI=1S/C18H25FN2O2/c1-13(2)20(3)18(23)12-21-10-4-5-16(21)11-17(22)14-6-8-15(19)9-7-14/h6-9,13,16H,4-5,10-12H2,1-3H3. The molecule has 1 unspecified atom stereocenters. The van der Waals surface area contributed by atoms with Crippen molar-refractivity contribution in [3.05, 3.63) is 35.6 Å². The molecule has 1 aromatic carbocycles. The van der Waals surface area contributed by atoms with Crippen molar-refractivity contribution < 1.29 is 14.0 Å². The highest BCUT2D eigenvalue weighted by molar-refractivity contribution is 5.96. The van der Waals surface area contributed by atoms with E-state index in [1.807, 2.05) is 20.9 Å². The van der Waals surface area contributed by atoms with Crippen LogP contribution in [0.2, 0.25) is 0 Å². The molecule has 1 amide bonds. The first-order valence-electron chi connectivity index (χ1n) is 8.17. The number of carbonyl (C=O) groups excluding carboxylic acids is 2. The Labute approximate surface area is 137 Å². The van der Waals surface area contributed by atoms with Crippen LogP contribution in [0.15, 0.2) is 24.3 Å². The molecule has 126 valence electrons. The Kier molecular flexibility index (Phi) is 5.88. The molecule has 1 saturated heterocycles. The second-order valence-electron chi connectivity index (χ2n) is 6.50. The lowest BCUT2D eigenvalue weighted by molar-refractivity contribution is -0.132. The number of nitrogens with zero attached hydrogens (tertiary/aromatic N) is 2. The number of likely N-dealkylation sites (N-methyl/N-ethyl adjacent to an activating group) is 1. The Morgan fingerprint density at radius 1 is 1.30 bits per heavy atom. The summed E-state index contributed by atoms with van der Waals surface area (Å²) in [4.78, 5) is 28.4. The van der Waals surface area contributed by atoms with E-state index in [1.165, 1.54) is 24.3 Å². The Bertz CT molecular complexity index is 557. The van der Waals surface area contributed by atoms with Crippen LogP contribution in [0.1, 0.15) is 43.5 Å². The summed E-state index contributed by atoms with van der Waals surface area (Å²) < 4.78 is 12.9. The highest BCUT2D eigenvalue weighted by Gasteiger charge is 2.29. The lowest BCUT2D eigenvalue weighted by Gasteiger charge is -2.28. The SMILES string of the molecule is CC(C)N(C)C(=O)CN1CCCC1CC(=O)c1ccc(F)cc1. The minimum atomic E-state index is -0.341. The average Bonchev–Trinajstić information content (AvgIpc) is 2.93. The maximum Gasteiger partial charge on any atom is 0.236 e. The van der Waals surface area contributed by atoms with Gasteiger partial charge in [0.1, 0.15) is 5.82 Å². The summed E-state index contributed by atoms with van der Waals surface area (Å²) in [6, 6.07) is 5.92. The number of halogens is 1. The van der Waals surface area contributed by atoms with Crippen molar-refractivity contribution in [3.8, 4) is 0 Å². The predicted octanol–water partition coefficient (Wildman–Crippen LogP) is 2.73. The van der Waals surface area contributed by atoms with Gasteiger partial charge >= 0.3 is 0 Å². The molecule has 0 aliphatic carbocycles. The summed E-state index contributed by atoms with van der Waals surface area (Å²) in [7, 11) is 1.81. The van der Waals surface area contributed by atoms with Gasteiger partial charge in [0.25, 0.3) is 0 Å². The molecule has 0 saturated carbocycles. The first-order valence-corrected chi connectivity index (χ1v) is 8.17. The number of likely N-dealkylation sites (tertiary alicyclic amines) is 1. The maximum atomic E-state index is 12.9. The van der Waals surface area contributed by atoms with Crippen LogP contribution >= 0.6 is 0 Å². The van der Waals surface area contributed by atoms with E-state index in [0.29, 0.717) is 18.5 Å². The quantitative estimate of drug-likeness (QED) is 0.757. The van der Waals surface area contributed by atoms with Crippen molar-refractivity contribution in [2.45, 2.75) is 45.2 Å². The van der Waals surface area contributed by atoms with E-state index >= 15 is 0 Å². The molecular weight excluding hydrogens is 295 g/mol. The van der Waals surface area contributed by atoms with E-state index in [0.717, 1.165) is 19.4 Å². The van der Waals surface area contributed by atoms with Crippen molar-refractivity contribution in [2.24, 2.45) is 0 Å². The fraction of sp³-hybridized carbons (Fsp3) is 0.556. The third-order valence-electron chi connectivity index (χ3n) is 4.59. The molecule has 1 atom stereocenters. The van der Waals surface area contributed by atoms with E-state index < -0.39 is 0 Å². The third-order valence-corrected chi connectivity index (χ3v) is 4.59. The molecule has 23 heavy (non-hydrogen) atoms. The minimum Gasteiger partial charge on any atom is -0.342 e. The predicted molar refractivity (Wildman–Crippen MR) is 87.8 cm³/mol. The van der Waals surface area contributed by atoms with Gasteiger partial charge in [0.2, 0.25) is 5.91 Å². The van der Waals surface area contributed by atoms with E-state index in [2.05, 4.69) is 4.90 Å². The molecule has 0 bridgehead atoms. The van der Waals surface area contributed by atoms with Crippen LogP contribution in [0.25, 0.3) is 0 Å². The minimum absolute atomic E-state index is 0.00608.